The third kappa shape index (κ3) is 4.33. The van der Waals surface area contributed by atoms with E-state index in [1.807, 2.05) is 0 Å². The van der Waals surface area contributed by atoms with E-state index in [-0.39, 0.29) is 23.0 Å². The van der Waals surface area contributed by atoms with Gasteiger partial charge in [-0.25, -0.2) is 4.79 Å². The summed E-state index contributed by atoms with van der Waals surface area (Å²) in [7, 11) is 1.38. The van der Waals surface area contributed by atoms with Gasteiger partial charge in [0.15, 0.2) is 0 Å². The zero-order valence-corrected chi connectivity index (χ0v) is 15.4. The first kappa shape index (κ1) is 19.1. The lowest BCUT2D eigenvalue weighted by molar-refractivity contribution is -0.385. The largest absolute Gasteiger partial charge is 0.496 e. The van der Waals surface area contributed by atoms with Gasteiger partial charge in [0.2, 0.25) is 5.75 Å². The van der Waals surface area contributed by atoms with Crippen molar-refractivity contribution >= 4 is 34.6 Å². The van der Waals surface area contributed by atoms with Crippen molar-refractivity contribution in [2.24, 2.45) is 0 Å². The fourth-order valence-electron chi connectivity index (χ4n) is 2.34. The lowest BCUT2D eigenvalue weighted by Gasteiger charge is -2.08. The van der Waals surface area contributed by atoms with Gasteiger partial charge in [0.1, 0.15) is 5.75 Å². The minimum absolute atomic E-state index is 0.133. The van der Waals surface area contributed by atoms with E-state index in [0.29, 0.717) is 10.6 Å². The molecular formula is C19H14N2O6S. The van der Waals surface area contributed by atoms with E-state index in [9.17, 15) is 19.7 Å². The summed E-state index contributed by atoms with van der Waals surface area (Å²) < 4.78 is 10.1. The second kappa shape index (κ2) is 8.31. The van der Waals surface area contributed by atoms with Crippen LogP contribution in [0.15, 0.2) is 60.0 Å². The predicted octanol–water partition coefficient (Wildman–Crippen LogP) is 4.14. The molecule has 0 spiro atoms. The van der Waals surface area contributed by atoms with Gasteiger partial charge in [-0.15, -0.1) is 11.3 Å². The summed E-state index contributed by atoms with van der Waals surface area (Å²) in [5, 5.41) is 15.7. The van der Waals surface area contributed by atoms with E-state index < -0.39 is 16.6 Å². The second-order valence-corrected chi connectivity index (χ2v) is 6.44. The number of rotatable bonds is 6. The normalized spacial score (nSPS) is 10.2. The van der Waals surface area contributed by atoms with E-state index in [1.165, 1.54) is 48.8 Å². The summed E-state index contributed by atoms with van der Waals surface area (Å²) in [6.07, 6.45) is 0. The number of carbonyl (C=O) groups excluding carboxylic acids is 2. The zero-order chi connectivity index (χ0) is 20.1. The van der Waals surface area contributed by atoms with Crippen LogP contribution >= 0.6 is 11.3 Å². The van der Waals surface area contributed by atoms with Crippen LogP contribution in [0.2, 0.25) is 0 Å². The van der Waals surface area contributed by atoms with Crippen LogP contribution in [-0.2, 0) is 0 Å². The summed E-state index contributed by atoms with van der Waals surface area (Å²) in [4.78, 5) is 35.6. The van der Waals surface area contributed by atoms with Gasteiger partial charge in [-0.2, -0.15) is 0 Å². The lowest BCUT2D eigenvalue weighted by Crippen LogP contribution is -2.13. The van der Waals surface area contributed by atoms with Crippen molar-refractivity contribution in [1.82, 2.24) is 0 Å². The average Bonchev–Trinajstić information content (AvgIpc) is 3.23. The molecule has 0 atom stereocenters. The van der Waals surface area contributed by atoms with Crippen LogP contribution in [0.25, 0.3) is 0 Å². The molecule has 1 heterocycles. The van der Waals surface area contributed by atoms with Crippen molar-refractivity contribution in [1.29, 1.82) is 0 Å². The number of nitrogens with one attached hydrogen (secondary N) is 1. The molecule has 0 saturated heterocycles. The molecule has 1 aromatic heterocycles. The molecule has 142 valence electrons. The third-order valence-corrected chi connectivity index (χ3v) is 4.54. The molecule has 0 unspecified atom stereocenters. The maximum Gasteiger partial charge on any atom is 0.343 e. The minimum Gasteiger partial charge on any atom is -0.496 e. The number of anilines is 1. The number of nitrogens with zero attached hydrogens (tertiary/aromatic N) is 1. The molecule has 8 nitrogen and oxygen atoms in total. The molecule has 3 aromatic rings. The van der Waals surface area contributed by atoms with E-state index in [0.717, 1.165) is 0 Å². The van der Waals surface area contributed by atoms with Crippen molar-refractivity contribution in [2.75, 3.05) is 12.4 Å². The number of carbonyl (C=O) groups is 2. The first-order chi connectivity index (χ1) is 13.5. The Morgan fingerprint density at radius 3 is 2.61 bits per heavy atom. The first-order valence-electron chi connectivity index (χ1n) is 7.97. The summed E-state index contributed by atoms with van der Waals surface area (Å²) >= 11 is 1.29. The van der Waals surface area contributed by atoms with E-state index in [2.05, 4.69) is 5.32 Å². The molecule has 2 aromatic carbocycles. The quantitative estimate of drug-likeness (QED) is 0.289. The molecule has 0 aliphatic heterocycles. The highest BCUT2D eigenvalue weighted by molar-refractivity contribution is 7.12. The van der Waals surface area contributed by atoms with Gasteiger partial charge in [-0.1, -0.05) is 12.1 Å². The van der Waals surface area contributed by atoms with Crippen molar-refractivity contribution in [3.63, 3.8) is 0 Å². The topological polar surface area (TPSA) is 108 Å². The number of amides is 1. The molecule has 0 aliphatic rings. The Morgan fingerprint density at radius 2 is 1.93 bits per heavy atom. The smallest absolute Gasteiger partial charge is 0.343 e. The van der Waals surface area contributed by atoms with Gasteiger partial charge in [0.25, 0.3) is 5.91 Å². The number of esters is 1. The number of nitro groups is 1. The summed E-state index contributed by atoms with van der Waals surface area (Å²) in [6.45, 7) is 0. The highest BCUT2D eigenvalue weighted by atomic mass is 32.1. The van der Waals surface area contributed by atoms with Gasteiger partial charge in [-0.3, -0.25) is 14.9 Å². The molecule has 0 aliphatic carbocycles. The maximum atomic E-state index is 12.4. The molecule has 0 radical (unpaired) electrons. The SMILES string of the molecule is COc1ccc(OC(=O)c2cccc(NC(=O)c3cccs3)c2)c([N+](=O)[O-])c1. The standard InChI is InChI=1S/C19H14N2O6S/c1-26-14-7-8-16(15(11-14)21(24)25)27-19(23)12-4-2-5-13(10-12)20-18(22)17-6-3-9-28-17/h2-11H,1H3,(H,20,22). The van der Waals surface area contributed by atoms with Gasteiger partial charge in [0, 0.05) is 5.69 Å². The Bertz CT molecular complexity index is 1030. The number of hydrogen-bond acceptors (Lipinski definition) is 7. The monoisotopic (exact) mass is 398 g/mol. The number of ether oxygens (including phenoxy) is 2. The number of methoxy groups -OCH3 is 1. The van der Waals surface area contributed by atoms with Gasteiger partial charge >= 0.3 is 11.7 Å². The fraction of sp³-hybridized carbons (Fsp3) is 0.0526. The Hall–Kier alpha value is -3.72. The fourth-order valence-corrected chi connectivity index (χ4v) is 2.96. The molecule has 28 heavy (non-hydrogen) atoms. The van der Waals surface area contributed by atoms with Crippen LogP contribution in [-0.4, -0.2) is 23.9 Å². The molecule has 0 bridgehead atoms. The minimum atomic E-state index is -0.791. The first-order valence-corrected chi connectivity index (χ1v) is 8.85. The Kier molecular flexibility index (Phi) is 5.66. The molecule has 1 amide bonds. The zero-order valence-electron chi connectivity index (χ0n) is 14.6. The maximum absolute atomic E-state index is 12.4. The predicted molar refractivity (Wildman–Crippen MR) is 103 cm³/mol. The van der Waals surface area contributed by atoms with Gasteiger partial charge in [0.05, 0.1) is 28.5 Å². The van der Waals surface area contributed by atoms with Crippen LogP contribution in [0.4, 0.5) is 11.4 Å². The van der Waals surface area contributed by atoms with Crippen LogP contribution in [0.5, 0.6) is 11.5 Å². The number of nitro benzene ring substituents is 1. The van der Waals surface area contributed by atoms with Crippen LogP contribution in [0, 0.1) is 10.1 Å². The van der Waals surface area contributed by atoms with Crippen molar-refractivity contribution in [3.8, 4) is 11.5 Å². The average molecular weight is 398 g/mol. The van der Waals surface area contributed by atoms with Crippen LogP contribution in [0.1, 0.15) is 20.0 Å². The summed E-state index contributed by atoms with van der Waals surface area (Å²) in [5.74, 6) is -1.03. The number of thiophene rings is 1. The van der Waals surface area contributed by atoms with E-state index in [1.54, 1.807) is 29.6 Å². The molecule has 0 fully saturated rings. The number of benzene rings is 2. The van der Waals surface area contributed by atoms with Gasteiger partial charge < -0.3 is 14.8 Å². The third-order valence-electron chi connectivity index (χ3n) is 3.67. The highest BCUT2D eigenvalue weighted by Crippen LogP contribution is 2.31. The second-order valence-electron chi connectivity index (χ2n) is 5.49. The Morgan fingerprint density at radius 1 is 1.11 bits per heavy atom. The Labute approximate surface area is 163 Å². The van der Waals surface area contributed by atoms with Crippen molar-refractivity contribution in [2.45, 2.75) is 0 Å². The van der Waals surface area contributed by atoms with E-state index >= 15 is 0 Å². The summed E-state index contributed by atoms with van der Waals surface area (Å²) in [5.41, 5.74) is 0.140. The van der Waals surface area contributed by atoms with Crippen LogP contribution in [0.3, 0.4) is 0 Å². The highest BCUT2D eigenvalue weighted by Gasteiger charge is 2.20. The number of hydrogen-bond donors (Lipinski definition) is 1. The van der Waals surface area contributed by atoms with Crippen LogP contribution < -0.4 is 14.8 Å². The molecular weight excluding hydrogens is 384 g/mol. The van der Waals surface area contributed by atoms with Crippen molar-refractivity contribution < 1.29 is 24.0 Å². The van der Waals surface area contributed by atoms with E-state index in [4.69, 9.17) is 9.47 Å². The lowest BCUT2D eigenvalue weighted by atomic mass is 10.2. The van der Waals surface area contributed by atoms with Gasteiger partial charge in [-0.05, 0) is 41.8 Å². The molecule has 0 saturated carbocycles. The molecule has 1 N–H and O–H groups in total. The summed E-state index contributed by atoms with van der Waals surface area (Å²) in [6, 6.07) is 13.5. The van der Waals surface area contributed by atoms with Crippen molar-refractivity contribution in [3.05, 3.63) is 80.5 Å². The Balaban J connectivity index is 1.78. The molecule has 9 heteroatoms. The molecule has 3 rings (SSSR count).